The number of aliphatic hydroxyl groups is 1. The van der Waals surface area contributed by atoms with Crippen molar-refractivity contribution >= 4 is 18.0 Å². The number of alkyl carbamates (subject to hydrolysis) is 1. The molecule has 0 heterocycles. The van der Waals surface area contributed by atoms with Crippen molar-refractivity contribution in [2.24, 2.45) is 0 Å². The molecule has 0 saturated heterocycles. The number of aliphatic carboxylic acids is 1. The number of benzene rings is 2. The van der Waals surface area contributed by atoms with Gasteiger partial charge in [0.1, 0.15) is 18.7 Å². The summed E-state index contributed by atoms with van der Waals surface area (Å²) in [6, 6.07) is 13.4. The Labute approximate surface area is 191 Å². The zero-order chi connectivity index (χ0) is 23.8. The number of aliphatic hydroxyl groups excluding tert-OH is 1. The quantitative estimate of drug-likeness (QED) is 0.379. The highest BCUT2D eigenvalue weighted by Gasteiger charge is 2.30. The zero-order valence-corrected chi connectivity index (χ0v) is 18.3. The molecule has 0 aliphatic heterocycles. The molecule has 2 aromatic carbocycles. The second kappa shape index (κ2) is 11.4. The molecular formula is C24H28N2O7. The van der Waals surface area contributed by atoms with E-state index in [0.29, 0.717) is 13.0 Å². The van der Waals surface area contributed by atoms with Gasteiger partial charge in [-0.1, -0.05) is 48.5 Å². The van der Waals surface area contributed by atoms with Gasteiger partial charge in [0.15, 0.2) is 0 Å². The Kier molecular flexibility index (Phi) is 8.39. The summed E-state index contributed by atoms with van der Waals surface area (Å²) in [5.74, 6) is -2.22. The Bertz CT molecular complexity index is 949. The maximum atomic E-state index is 12.6. The van der Waals surface area contributed by atoms with E-state index in [-0.39, 0.29) is 18.9 Å². The monoisotopic (exact) mass is 456 g/mol. The van der Waals surface area contributed by atoms with Crippen molar-refractivity contribution in [3.63, 3.8) is 0 Å². The molecule has 1 aliphatic rings. The van der Waals surface area contributed by atoms with Crippen molar-refractivity contribution < 1.29 is 34.1 Å². The Morgan fingerprint density at radius 1 is 0.970 bits per heavy atom. The zero-order valence-electron chi connectivity index (χ0n) is 18.3. The number of carboxylic acids is 1. The summed E-state index contributed by atoms with van der Waals surface area (Å²) < 4.78 is 10.5. The highest BCUT2D eigenvalue weighted by molar-refractivity contribution is 5.89. The highest BCUT2D eigenvalue weighted by Crippen LogP contribution is 2.44. The molecule has 4 N–H and O–H groups in total. The van der Waals surface area contributed by atoms with Crippen molar-refractivity contribution in [1.82, 2.24) is 10.6 Å². The van der Waals surface area contributed by atoms with Crippen LogP contribution in [0.3, 0.4) is 0 Å². The summed E-state index contributed by atoms with van der Waals surface area (Å²) in [7, 11) is 1.51. The molecular weight excluding hydrogens is 428 g/mol. The predicted molar refractivity (Wildman–Crippen MR) is 120 cm³/mol. The Hall–Kier alpha value is -3.43. The van der Waals surface area contributed by atoms with E-state index in [1.165, 1.54) is 7.11 Å². The largest absolute Gasteiger partial charge is 0.480 e. The summed E-state index contributed by atoms with van der Waals surface area (Å²) in [4.78, 5) is 36.2. The Balaban J connectivity index is 1.65. The Morgan fingerprint density at radius 2 is 1.58 bits per heavy atom. The molecule has 3 rings (SSSR count). The summed E-state index contributed by atoms with van der Waals surface area (Å²) in [5.41, 5.74) is 4.33. The van der Waals surface area contributed by atoms with E-state index in [9.17, 15) is 14.4 Å². The molecule has 2 atom stereocenters. The van der Waals surface area contributed by atoms with Gasteiger partial charge < -0.3 is 30.3 Å². The molecule has 1 aliphatic carbocycles. The fourth-order valence-corrected chi connectivity index (χ4v) is 3.94. The van der Waals surface area contributed by atoms with Crippen LogP contribution in [0.1, 0.15) is 29.9 Å². The van der Waals surface area contributed by atoms with Crippen LogP contribution in [0, 0.1) is 0 Å². The summed E-state index contributed by atoms with van der Waals surface area (Å²) in [6.07, 6.45) is -0.123. The van der Waals surface area contributed by atoms with Crippen LogP contribution in [0.2, 0.25) is 0 Å². The van der Waals surface area contributed by atoms with Crippen molar-refractivity contribution in [2.45, 2.75) is 30.8 Å². The average molecular weight is 456 g/mol. The van der Waals surface area contributed by atoms with E-state index >= 15 is 0 Å². The van der Waals surface area contributed by atoms with Crippen molar-refractivity contribution in [3.05, 3.63) is 59.7 Å². The molecule has 0 radical (unpaired) electrons. The lowest BCUT2D eigenvalue weighted by Gasteiger charge is -2.21. The molecule has 9 nitrogen and oxygen atoms in total. The van der Waals surface area contributed by atoms with E-state index in [2.05, 4.69) is 10.6 Å². The first-order chi connectivity index (χ1) is 16.0. The minimum absolute atomic E-state index is 0.0840. The number of hydrogen-bond donors (Lipinski definition) is 4. The maximum absolute atomic E-state index is 12.6. The molecule has 0 aromatic heterocycles. The van der Waals surface area contributed by atoms with Crippen LogP contribution in [0.25, 0.3) is 11.1 Å². The predicted octanol–water partition coefficient (Wildman–Crippen LogP) is 1.88. The van der Waals surface area contributed by atoms with Gasteiger partial charge in [0, 0.05) is 19.6 Å². The van der Waals surface area contributed by atoms with Crippen LogP contribution in [0.5, 0.6) is 0 Å². The molecule has 1 unspecified atom stereocenters. The van der Waals surface area contributed by atoms with Crippen molar-refractivity contribution in [1.29, 1.82) is 0 Å². The lowest BCUT2D eigenvalue weighted by atomic mass is 9.98. The number of ether oxygens (including phenoxy) is 2. The molecule has 33 heavy (non-hydrogen) atoms. The Morgan fingerprint density at radius 3 is 2.12 bits per heavy atom. The van der Waals surface area contributed by atoms with E-state index in [4.69, 9.17) is 19.7 Å². The molecule has 0 saturated carbocycles. The number of hydrogen-bond acceptors (Lipinski definition) is 6. The SMILES string of the molecule is COCCCC(NC(=O)OCC1c2ccccc2-c2ccccc21)C(=O)N[C@@H](CO)C(=O)O. The molecule has 176 valence electrons. The number of carboxylic acid groups (broad SMARTS) is 1. The van der Waals surface area contributed by atoms with Crippen LogP contribution in [0.4, 0.5) is 4.79 Å². The van der Waals surface area contributed by atoms with Gasteiger partial charge in [-0.2, -0.15) is 0 Å². The smallest absolute Gasteiger partial charge is 0.407 e. The normalized spacial score (nSPS) is 14.0. The van der Waals surface area contributed by atoms with E-state index in [1.54, 1.807) is 0 Å². The number of carbonyl (C=O) groups is 3. The number of methoxy groups -OCH3 is 1. The molecule has 2 amide bonds. The van der Waals surface area contributed by atoms with Gasteiger partial charge in [0.05, 0.1) is 6.61 Å². The summed E-state index contributed by atoms with van der Waals surface area (Å²) in [5, 5.41) is 23.0. The highest BCUT2D eigenvalue weighted by atomic mass is 16.5. The maximum Gasteiger partial charge on any atom is 0.407 e. The third-order valence-corrected chi connectivity index (χ3v) is 5.59. The first kappa shape index (κ1) is 24.2. The fraction of sp³-hybridized carbons (Fsp3) is 0.375. The third kappa shape index (κ3) is 5.88. The van der Waals surface area contributed by atoms with E-state index in [0.717, 1.165) is 22.3 Å². The summed E-state index contributed by atoms with van der Waals surface area (Å²) >= 11 is 0. The van der Waals surface area contributed by atoms with E-state index in [1.807, 2.05) is 48.5 Å². The first-order valence-electron chi connectivity index (χ1n) is 10.7. The van der Waals surface area contributed by atoms with Crippen LogP contribution < -0.4 is 10.6 Å². The number of carbonyl (C=O) groups excluding carboxylic acids is 2. The van der Waals surface area contributed by atoms with Gasteiger partial charge in [-0.05, 0) is 35.1 Å². The van der Waals surface area contributed by atoms with Crippen LogP contribution in [0.15, 0.2) is 48.5 Å². The number of rotatable bonds is 11. The lowest BCUT2D eigenvalue weighted by molar-refractivity contribution is -0.143. The first-order valence-corrected chi connectivity index (χ1v) is 10.7. The van der Waals surface area contributed by atoms with Crippen molar-refractivity contribution in [2.75, 3.05) is 26.9 Å². The van der Waals surface area contributed by atoms with Gasteiger partial charge in [-0.15, -0.1) is 0 Å². The van der Waals surface area contributed by atoms with Gasteiger partial charge >= 0.3 is 12.1 Å². The standard InChI is InChI=1S/C24H28N2O7/c1-32-12-6-11-20(22(28)25-21(13-27)23(29)30)26-24(31)33-14-19-17-9-4-2-7-15(17)16-8-3-5-10-18(16)19/h2-5,7-10,19-21,27H,6,11-14H2,1H3,(H,25,28)(H,26,31)(H,29,30)/t20?,21-/m0/s1. The number of amides is 2. The van der Waals surface area contributed by atoms with Crippen molar-refractivity contribution in [3.8, 4) is 11.1 Å². The van der Waals surface area contributed by atoms with Gasteiger partial charge in [-0.3, -0.25) is 4.79 Å². The third-order valence-electron chi connectivity index (χ3n) is 5.59. The second-order valence-corrected chi connectivity index (χ2v) is 7.74. The summed E-state index contributed by atoms with van der Waals surface area (Å²) in [6.45, 7) is -0.323. The van der Waals surface area contributed by atoms with Crippen LogP contribution >= 0.6 is 0 Å². The van der Waals surface area contributed by atoms with Gasteiger partial charge in [0.2, 0.25) is 5.91 Å². The lowest BCUT2D eigenvalue weighted by Crippen LogP contribution is -2.52. The van der Waals surface area contributed by atoms with E-state index < -0.39 is 36.7 Å². The number of fused-ring (bicyclic) bond motifs is 3. The minimum atomic E-state index is -1.47. The minimum Gasteiger partial charge on any atom is -0.480 e. The average Bonchev–Trinajstić information content (AvgIpc) is 3.14. The molecule has 0 fully saturated rings. The molecule has 9 heteroatoms. The van der Waals surface area contributed by atoms with Gasteiger partial charge in [-0.25, -0.2) is 9.59 Å². The van der Waals surface area contributed by atoms with Crippen LogP contribution in [-0.4, -0.2) is 67.2 Å². The topological polar surface area (TPSA) is 134 Å². The fourth-order valence-electron chi connectivity index (χ4n) is 3.94. The number of nitrogens with one attached hydrogen (secondary N) is 2. The van der Waals surface area contributed by atoms with Crippen LogP contribution in [-0.2, 0) is 19.1 Å². The molecule has 0 bridgehead atoms. The molecule has 0 spiro atoms. The van der Waals surface area contributed by atoms with Gasteiger partial charge in [0.25, 0.3) is 0 Å². The second-order valence-electron chi connectivity index (χ2n) is 7.74. The molecule has 2 aromatic rings.